The van der Waals surface area contributed by atoms with Gasteiger partial charge in [0.05, 0.1) is 23.9 Å². The number of likely N-dealkylation sites (tertiary alicyclic amines) is 1. The van der Waals surface area contributed by atoms with E-state index in [0.29, 0.717) is 18.7 Å². The van der Waals surface area contributed by atoms with Gasteiger partial charge in [-0.05, 0) is 43.0 Å². The van der Waals surface area contributed by atoms with Gasteiger partial charge in [-0.1, -0.05) is 30.3 Å². The quantitative estimate of drug-likeness (QED) is 0.841. The summed E-state index contributed by atoms with van der Waals surface area (Å²) in [5.41, 5.74) is 2.59. The molecule has 1 fully saturated rings. The van der Waals surface area contributed by atoms with Crippen LogP contribution in [0.3, 0.4) is 0 Å². The van der Waals surface area contributed by atoms with Crippen molar-refractivity contribution in [1.82, 2.24) is 4.90 Å². The highest BCUT2D eigenvalue weighted by atomic mass is 16.5. The first-order valence-corrected chi connectivity index (χ1v) is 9.53. The summed E-state index contributed by atoms with van der Waals surface area (Å²) in [6, 6.07) is 17.7. The molecule has 1 amide bonds. The van der Waals surface area contributed by atoms with Crippen LogP contribution >= 0.6 is 0 Å². The Morgan fingerprint density at radius 2 is 1.81 bits per heavy atom. The number of hydrogen-bond acceptors (Lipinski definition) is 4. The van der Waals surface area contributed by atoms with Gasteiger partial charge in [0.15, 0.2) is 6.10 Å². The molecule has 1 atom stereocenters. The Balaban J connectivity index is 1.60. The Kier molecular flexibility index (Phi) is 4.97. The first-order chi connectivity index (χ1) is 13.3. The van der Waals surface area contributed by atoms with Gasteiger partial charge in [-0.3, -0.25) is 4.79 Å². The van der Waals surface area contributed by atoms with Crippen molar-refractivity contribution in [3.8, 4) is 11.8 Å². The van der Waals surface area contributed by atoms with Crippen LogP contribution in [0, 0.1) is 11.3 Å². The number of fused-ring (bicyclic) bond motifs is 1. The summed E-state index contributed by atoms with van der Waals surface area (Å²) in [5, 5.41) is 9.40. The second-order valence-corrected chi connectivity index (χ2v) is 7.11. The van der Waals surface area contributed by atoms with E-state index in [1.54, 1.807) is 0 Å². The van der Waals surface area contributed by atoms with E-state index in [9.17, 15) is 10.1 Å². The third-order valence-corrected chi connectivity index (χ3v) is 5.30. The van der Waals surface area contributed by atoms with Gasteiger partial charge < -0.3 is 14.5 Å². The predicted molar refractivity (Wildman–Crippen MR) is 103 cm³/mol. The molecule has 0 aliphatic carbocycles. The Hall–Kier alpha value is -3.00. The van der Waals surface area contributed by atoms with Crippen molar-refractivity contribution in [3.63, 3.8) is 0 Å². The second kappa shape index (κ2) is 7.71. The average molecular weight is 361 g/mol. The number of rotatable bonds is 3. The number of anilines is 1. The number of benzene rings is 2. The van der Waals surface area contributed by atoms with E-state index in [2.05, 4.69) is 11.0 Å². The summed E-state index contributed by atoms with van der Waals surface area (Å²) in [4.78, 5) is 17.1. The average Bonchev–Trinajstić information content (AvgIpc) is 2.74. The van der Waals surface area contributed by atoms with Crippen LogP contribution < -0.4 is 9.64 Å². The maximum Gasteiger partial charge on any atom is 0.265 e. The fourth-order valence-corrected chi connectivity index (χ4v) is 3.88. The number of para-hydroxylation sites is 2. The van der Waals surface area contributed by atoms with Gasteiger partial charge in [-0.15, -0.1) is 0 Å². The molecule has 5 nitrogen and oxygen atoms in total. The molecule has 2 aromatic rings. The highest BCUT2D eigenvalue weighted by molar-refractivity contribution is 5.83. The maximum atomic E-state index is 13.0. The SMILES string of the molecule is N#Cc1ccccc1CN1C[C@@H](C(=O)N2CCCCC2)Oc2ccccc21. The fourth-order valence-electron chi connectivity index (χ4n) is 3.88. The van der Waals surface area contributed by atoms with E-state index in [1.807, 2.05) is 53.4 Å². The van der Waals surface area contributed by atoms with Crippen molar-refractivity contribution in [2.45, 2.75) is 31.9 Å². The lowest BCUT2D eigenvalue weighted by molar-refractivity contribution is -0.139. The molecule has 2 heterocycles. The molecule has 2 aliphatic rings. The number of carbonyl (C=O) groups excluding carboxylic acids is 1. The molecule has 0 bridgehead atoms. The van der Waals surface area contributed by atoms with E-state index in [1.165, 1.54) is 6.42 Å². The molecule has 1 saturated heterocycles. The zero-order valence-corrected chi connectivity index (χ0v) is 15.3. The minimum Gasteiger partial charge on any atom is -0.477 e. The van der Waals surface area contributed by atoms with Crippen LogP contribution in [-0.4, -0.2) is 36.5 Å². The molecule has 4 rings (SSSR count). The molecule has 0 radical (unpaired) electrons. The zero-order chi connectivity index (χ0) is 18.6. The van der Waals surface area contributed by atoms with Crippen molar-refractivity contribution in [2.24, 2.45) is 0 Å². The van der Waals surface area contributed by atoms with E-state index in [-0.39, 0.29) is 5.91 Å². The molecule has 0 N–H and O–H groups in total. The molecular weight excluding hydrogens is 338 g/mol. The van der Waals surface area contributed by atoms with Crippen LogP contribution in [0.5, 0.6) is 5.75 Å². The summed E-state index contributed by atoms with van der Waals surface area (Å²) in [5.74, 6) is 0.802. The molecule has 0 unspecified atom stereocenters. The Morgan fingerprint density at radius 3 is 2.63 bits per heavy atom. The van der Waals surface area contributed by atoms with Gasteiger partial charge in [-0.2, -0.15) is 5.26 Å². The van der Waals surface area contributed by atoms with E-state index in [4.69, 9.17) is 4.74 Å². The van der Waals surface area contributed by atoms with Gasteiger partial charge in [0, 0.05) is 19.6 Å². The molecule has 2 aliphatic heterocycles. The largest absolute Gasteiger partial charge is 0.477 e. The van der Waals surface area contributed by atoms with Gasteiger partial charge in [0.1, 0.15) is 5.75 Å². The molecule has 5 heteroatoms. The summed E-state index contributed by atoms with van der Waals surface area (Å²) in [6.07, 6.45) is 2.81. The molecule has 0 saturated carbocycles. The number of nitriles is 1. The van der Waals surface area contributed by atoms with E-state index < -0.39 is 6.10 Å². The first-order valence-electron chi connectivity index (χ1n) is 9.53. The molecule has 27 heavy (non-hydrogen) atoms. The van der Waals surface area contributed by atoms with Crippen LogP contribution in [0.25, 0.3) is 0 Å². The number of ether oxygens (including phenoxy) is 1. The number of amides is 1. The Bertz CT molecular complexity index is 868. The number of piperidine rings is 1. The van der Waals surface area contributed by atoms with Gasteiger partial charge in [0.2, 0.25) is 0 Å². The molecule has 0 spiro atoms. The van der Waals surface area contributed by atoms with E-state index in [0.717, 1.165) is 42.9 Å². The minimum absolute atomic E-state index is 0.0720. The highest BCUT2D eigenvalue weighted by Crippen LogP contribution is 2.35. The van der Waals surface area contributed by atoms with Crippen LogP contribution in [0.15, 0.2) is 48.5 Å². The lowest BCUT2D eigenvalue weighted by atomic mass is 10.1. The van der Waals surface area contributed by atoms with Crippen LogP contribution in [0.2, 0.25) is 0 Å². The van der Waals surface area contributed by atoms with Crippen molar-refractivity contribution >= 4 is 11.6 Å². The highest BCUT2D eigenvalue weighted by Gasteiger charge is 2.34. The minimum atomic E-state index is -0.507. The van der Waals surface area contributed by atoms with Crippen LogP contribution in [0.4, 0.5) is 5.69 Å². The predicted octanol–water partition coefficient (Wildman–Crippen LogP) is 3.34. The number of nitrogens with zero attached hydrogens (tertiary/aromatic N) is 3. The normalized spacial score (nSPS) is 19.0. The smallest absolute Gasteiger partial charge is 0.265 e. The van der Waals surface area contributed by atoms with Crippen molar-refractivity contribution in [3.05, 3.63) is 59.7 Å². The molecule has 138 valence electrons. The topological polar surface area (TPSA) is 56.6 Å². The monoisotopic (exact) mass is 361 g/mol. The van der Waals surface area contributed by atoms with E-state index >= 15 is 0 Å². The summed E-state index contributed by atoms with van der Waals surface area (Å²) < 4.78 is 6.07. The fraction of sp³-hybridized carbons (Fsp3) is 0.364. The van der Waals surface area contributed by atoms with Crippen molar-refractivity contribution in [2.75, 3.05) is 24.5 Å². The van der Waals surface area contributed by atoms with Gasteiger partial charge in [-0.25, -0.2) is 0 Å². The number of hydrogen-bond donors (Lipinski definition) is 0. The Labute approximate surface area is 159 Å². The Morgan fingerprint density at radius 1 is 1.07 bits per heavy atom. The van der Waals surface area contributed by atoms with Gasteiger partial charge >= 0.3 is 0 Å². The van der Waals surface area contributed by atoms with Crippen LogP contribution in [0.1, 0.15) is 30.4 Å². The lowest BCUT2D eigenvalue weighted by Gasteiger charge is -2.38. The van der Waals surface area contributed by atoms with Crippen molar-refractivity contribution in [1.29, 1.82) is 5.26 Å². The lowest BCUT2D eigenvalue weighted by Crippen LogP contribution is -2.51. The first kappa shape index (κ1) is 17.4. The summed E-state index contributed by atoms with van der Waals surface area (Å²) in [7, 11) is 0. The van der Waals surface area contributed by atoms with Crippen molar-refractivity contribution < 1.29 is 9.53 Å². The molecule has 2 aromatic carbocycles. The summed E-state index contributed by atoms with van der Waals surface area (Å²) >= 11 is 0. The molecular formula is C22H23N3O2. The third kappa shape index (κ3) is 3.61. The standard InChI is InChI=1S/C22H23N3O2/c23-14-17-8-2-3-9-18(17)15-25-16-21(22(26)24-12-6-1-7-13-24)27-20-11-5-4-10-19(20)25/h2-5,8-11,21H,1,6-7,12-13,15-16H2/t21-/m0/s1. The maximum absolute atomic E-state index is 13.0. The van der Waals surface area contributed by atoms with Crippen LogP contribution in [-0.2, 0) is 11.3 Å². The second-order valence-electron chi connectivity index (χ2n) is 7.11. The number of carbonyl (C=O) groups is 1. The van der Waals surface area contributed by atoms with Gasteiger partial charge in [0.25, 0.3) is 5.91 Å². The summed E-state index contributed by atoms with van der Waals surface area (Å²) in [6.45, 7) is 2.70. The molecule has 0 aromatic heterocycles. The zero-order valence-electron chi connectivity index (χ0n) is 15.3. The third-order valence-electron chi connectivity index (χ3n) is 5.30.